The monoisotopic (exact) mass is 404 g/mol. The number of hydrogen-bond donors (Lipinski definition) is 1. The Morgan fingerprint density at radius 1 is 1.13 bits per heavy atom. The van der Waals surface area contributed by atoms with E-state index in [1.807, 2.05) is 24.4 Å². The predicted octanol–water partition coefficient (Wildman–Crippen LogP) is 4.37. The molecule has 1 aliphatic rings. The number of rotatable bonds is 7. The third-order valence-electron chi connectivity index (χ3n) is 5.63. The van der Waals surface area contributed by atoms with Gasteiger partial charge in [-0.25, -0.2) is 9.78 Å². The van der Waals surface area contributed by atoms with Gasteiger partial charge in [0, 0.05) is 35.6 Å². The minimum absolute atomic E-state index is 0.338. The van der Waals surface area contributed by atoms with Gasteiger partial charge in [0.05, 0.1) is 23.9 Å². The number of nitrogens with one attached hydrogen (secondary N) is 1. The number of nitrogens with zero attached hydrogens (tertiary/aromatic N) is 3. The molecule has 1 N–H and O–H groups in total. The molecule has 1 aliphatic heterocycles. The van der Waals surface area contributed by atoms with E-state index in [-0.39, 0.29) is 5.97 Å². The Balaban J connectivity index is 1.51. The molecule has 3 aromatic rings. The highest BCUT2D eigenvalue weighted by atomic mass is 16.5. The van der Waals surface area contributed by atoms with E-state index in [1.165, 1.54) is 39.5 Å². The summed E-state index contributed by atoms with van der Waals surface area (Å²) in [5.41, 5.74) is 4.29. The number of hydrogen-bond acceptors (Lipinski definition) is 6. The number of carbonyl (C=O) groups excluding carboxylic acids is 1. The number of anilines is 1. The number of benzene rings is 1. The maximum atomic E-state index is 11.7. The zero-order valence-electron chi connectivity index (χ0n) is 17.4. The molecule has 0 radical (unpaired) electrons. The first-order valence-corrected chi connectivity index (χ1v) is 10.6. The molecule has 1 saturated heterocycles. The number of aromatic nitrogens is 2. The van der Waals surface area contributed by atoms with E-state index in [0.29, 0.717) is 5.56 Å². The van der Waals surface area contributed by atoms with Crippen molar-refractivity contribution >= 4 is 22.6 Å². The maximum absolute atomic E-state index is 11.7. The zero-order chi connectivity index (χ0) is 20.8. The van der Waals surface area contributed by atoms with Gasteiger partial charge in [-0.05, 0) is 63.2 Å². The quantitative estimate of drug-likeness (QED) is 0.466. The molecular formula is C24H28N4O2. The van der Waals surface area contributed by atoms with Crippen molar-refractivity contribution in [1.82, 2.24) is 14.9 Å². The molecule has 1 fully saturated rings. The van der Waals surface area contributed by atoms with Crippen LogP contribution in [0.2, 0.25) is 0 Å². The summed E-state index contributed by atoms with van der Waals surface area (Å²) in [5.74, 6) is -0.338. The summed E-state index contributed by atoms with van der Waals surface area (Å²) in [6.45, 7) is 4.50. The van der Waals surface area contributed by atoms with Gasteiger partial charge in [-0.15, -0.1) is 0 Å². The lowest BCUT2D eigenvalue weighted by molar-refractivity contribution is 0.0601. The normalized spacial score (nSPS) is 14.6. The predicted molar refractivity (Wildman–Crippen MR) is 120 cm³/mol. The lowest BCUT2D eigenvalue weighted by Gasteiger charge is -2.26. The number of ether oxygens (including phenoxy) is 1. The van der Waals surface area contributed by atoms with Crippen LogP contribution in [0.15, 0.2) is 48.8 Å². The first-order chi connectivity index (χ1) is 14.7. The SMILES string of the molecule is COC(=O)c1ccc(-c2cc(NCCCN3CCCCC3)c3cnccc3n2)cc1. The lowest BCUT2D eigenvalue weighted by atomic mass is 10.1. The van der Waals surface area contributed by atoms with Crippen molar-refractivity contribution in [2.24, 2.45) is 0 Å². The molecule has 3 heterocycles. The number of carbonyl (C=O) groups is 1. The van der Waals surface area contributed by atoms with E-state index in [2.05, 4.69) is 21.3 Å². The molecule has 1 aromatic carbocycles. The van der Waals surface area contributed by atoms with Crippen molar-refractivity contribution in [3.05, 3.63) is 54.4 Å². The second-order valence-corrected chi connectivity index (χ2v) is 7.70. The first-order valence-electron chi connectivity index (χ1n) is 10.6. The van der Waals surface area contributed by atoms with Gasteiger partial charge in [0.2, 0.25) is 0 Å². The highest BCUT2D eigenvalue weighted by molar-refractivity contribution is 5.93. The van der Waals surface area contributed by atoms with Gasteiger partial charge in [-0.3, -0.25) is 4.98 Å². The fourth-order valence-corrected chi connectivity index (χ4v) is 3.97. The topological polar surface area (TPSA) is 67.3 Å². The summed E-state index contributed by atoms with van der Waals surface area (Å²) < 4.78 is 4.78. The standard InChI is InChI=1S/C24H28N4O2/c1-30-24(29)19-8-6-18(7-9-19)22-16-23(20-17-25-12-10-21(20)27-22)26-11-5-15-28-13-3-2-4-14-28/h6-10,12,16-17H,2-5,11,13-15H2,1H3,(H,26,27). The van der Waals surface area contributed by atoms with Crippen LogP contribution >= 0.6 is 0 Å². The number of esters is 1. The molecule has 4 rings (SSSR count). The number of fused-ring (bicyclic) bond motifs is 1. The fraction of sp³-hybridized carbons (Fsp3) is 0.375. The van der Waals surface area contributed by atoms with Crippen molar-refractivity contribution in [2.75, 3.05) is 38.6 Å². The molecule has 0 aliphatic carbocycles. The van der Waals surface area contributed by atoms with Crippen LogP contribution in [0.25, 0.3) is 22.2 Å². The van der Waals surface area contributed by atoms with E-state index in [4.69, 9.17) is 9.72 Å². The first kappa shape index (κ1) is 20.3. The van der Waals surface area contributed by atoms with Gasteiger partial charge in [-0.2, -0.15) is 0 Å². The van der Waals surface area contributed by atoms with Gasteiger partial charge in [-0.1, -0.05) is 18.6 Å². The van der Waals surface area contributed by atoms with Crippen molar-refractivity contribution in [2.45, 2.75) is 25.7 Å². The third-order valence-corrected chi connectivity index (χ3v) is 5.63. The Morgan fingerprint density at radius 3 is 2.70 bits per heavy atom. The van der Waals surface area contributed by atoms with E-state index >= 15 is 0 Å². The van der Waals surface area contributed by atoms with Crippen LogP contribution in [0.5, 0.6) is 0 Å². The van der Waals surface area contributed by atoms with Crippen LogP contribution < -0.4 is 5.32 Å². The van der Waals surface area contributed by atoms with Crippen LogP contribution in [0.1, 0.15) is 36.0 Å². The van der Waals surface area contributed by atoms with E-state index in [9.17, 15) is 4.79 Å². The average molecular weight is 405 g/mol. The molecule has 6 heteroatoms. The smallest absolute Gasteiger partial charge is 0.337 e. The molecule has 0 amide bonds. The van der Waals surface area contributed by atoms with Gasteiger partial charge in [0.15, 0.2) is 0 Å². The molecule has 0 unspecified atom stereocenters. The van der Waals surface area contributed by atoms with Crippen molar-refractivity contribution in [3.8, 4) is 11.3 Å². The molecule has 6 nitrogen and oxygen atoms in total. The molecular weight excluding hydrogens is 376 g/mol. The lowest BCUT2D eigenvalue weighted by Crippen LogP contribution is -2.31. The average Bonchev–Trinajstić information content (AvgIpc) is 2.82. The van der Waals surface area contributed by atoms with Crippen LogP contribution in [-0.4, -0.2) is 54.1 Å². The fourth-order valence-electron chi connectivity index (χ4n) is 3.97. The highest BCUT2D eigenvalue weighted by Crippen LogP contribution is 2.28. The minimum atomic E-state index is -0.338. The summed E-state index contributed by atoms with van der Waals surface area (Å²) in [7, 11) is 1.39. The van der Waals surface area contributed by atoms with Crippen LogP contribution in [-0.2, 0) is 4.74 Å². The summed E-state index contributed by atoms with van der Waals surface area (Å²) in [4.78, 5) is 23.3. The summed E-state index contributed by atoms with van der Waals surface area (Å²) >= 11 is 0. The molecule has 2 aromatic heterocycles. The number of pyridine rings is 2. The zero-order valence-corrected chi connectivity index (χ0v) is 17.4. The van der Waals surface area contributed by atoms with Gasteiger partial charge >= 0.3 is 5.97 Å². The minimum Gasteiger partial charge on any atom is -0.465 e. The van der Waals surface area contributed by atoms with E-state index in [0.717, 1.165) is 47.4 Å². The highest BCUT2D eigenvalue weighted by Gasteiger charge is 2.11. The van der Waals surface area contributed by atoms with Gasteiger partial charge in [0.25, 0.3) is 0 Å². The third kappa shape index (κ3) is 4.76. The van der Waals surface area contributed by atoms with Crippen LogP contribution in [0.4, 0.5) is 5.69 Å². The Labute approximate surface area is 177 Å². The van der Waals surface area contributed by atoms with Crippen molar-refractivity contribution in [1.29, 1.82) is 0 Å². The molecule has 0 bridgehead atoms. The Kier molecular flexibility index (Phi) is 6.54. The Hall–Kier alpha value is -2.99. The number of methoxy groups -OCH3 is 1. The molecule has 0 spiro atoms. The Bertz CT molecular complexity index is 998. The molecule has 156 valence electrons. The summed E-state index contributed by atoms with van der Waals surface area (Å²) in [6.07, 6.45) is 8.75. The summed E-state index contributed by atoms with van der Waals surface area (Å²) in [6, 6.07) is 11.3. The summed E-state index contributed by atoms with van der Waals surface area (Å²) in [5, 5.41) is 4.61. The maximum Gasteiger partial charge on any atom is 0.337 e. The van der Waals surface area contributed by atoms with Gasteiger partial charge in [0.1, 0.15) is 0 Å². The second-order valence-electron chi connectivity index (χ2n) is 7.70. The molecule has 30 heavy (non-hydrogen) atoms. The van der Waals surface area contributed by atoms with E-state index in [1.54, 1.807) is 18.3 Å². The second kappa shape index (κ2) is 9.67. The largest absolute Gasteiger partial charge is 0.465 e. The number of piperidine rings is 1. The van der Waals surface area contributed by atoms with Crippen LogP contribution in [0, 0.1) is 0 Å². The Morgan fingerprint density at radius 2 is 1.93 bits per heavy atom. The number of likely N-dealkylation sites (tertiary alicyclic amines) is 1. The molecule has 0 atom stereocenters. The molecule has 0 saturated carbocycles. The van der Waals surface area contributed by atoms with E-state index < -0.39 is 0 Å². The van der Waals surface area contributed by atoms with Crippen molar-refractivity contribution in [3.63, 3.8) is 0 Å². The van der Waals surface area contributed by atoms with Crippen molar-refractivity contribution < 1.29 is 9.53 Å². The van der Waals surface area contributed by atoms with Gasteiger partial charge < -0.3 is 15.0 Å². The van der Waals surface area contributed by atoms with Crippen LogP contribution in [0.3, 0.4) is 0 Å².